The molecule has 4 fully saturated rings. The van der Waals surface area contributed by atoms with Gasteiger partial charge in [0.2, 0.25) is 0 Å². The summed E-state index contributed by atoms with van der Waals surface area (Å²) in [5, 5.41) is 31.2. The van der Waals surface area contributed by atoms with E-state index in [1.54, 1.807) is 6.07 Å². The van der Waals surface area contributed by atoms with Crippen LogP contribution in [0.2, 0.25) is 0 Å². The first-order chi connectivity index (χ1) is 11.4. The van der Waals surface area contributed by atoms with Gasteiger partial charge in [0, 0.05) is 12.0 Å². The number of benzene rings is 1. The van der Waals surface area contributed by atoms with Gasteiger partial charge in [0.1, 0.15) is 11.5 Å². The lowest BCUT2D eigenvalue weighted by molar-refractivity contribution is -0.00791. The quantitative estimate of drug-likeness (QED) is 0.732. The van der Waals surface area contributed by atoms with Gasteiger partial charge in [-0.1, -0.05) is 6.92 Å². The molecule has 3 N–H and O–H groups in total. The molecule has 0 aliphatic heterocycles. The Bertz CT molecular complexity index is 699. The minimum atomic E-state index is -0.364. The topological polar surface area (TPSA) is 60.7 Å². The molecule has 0 amide bonds. The predicted octanol–water partition coefficient (Wildman–Crippen LogP) is 3.94. The molecule has 0 spiro atoms. The van der Waals surface area contributed by atoms with Crippen molar-refractivity contribution < 1.29 is 15.3 Å². The third kappa shape index (κ3) is 1.82. The van der Waals surface area contributed by atoms with Gasteiger partial charge in [0.05, 0.1) is 6.10 Å². The molecular formula is C21H28O3. The van der Waals surface area contributed by atoms with Crippen LogP contribution in [0.1, 0.15) is 56.1 Å². The maximum Gasteiger partial charge on any atom is 0.122 e. The van der Waals surface area contributed by atoms with E-state index in [9.17, 15) is 15.3 Å². The molecule has 0 aromatic heterocycles. The smallest absolute Gasteiger partial charge is 0.122 e. The summed E-state index contributed by atoms with van der Waals surface area (Å²) in [6, 6.07) is 3.20. The summed E-state index contributed by atoms with van der Waals surface area (Å²) in [5.41, 5.74) is 2.00. The lowest BCUT2D eigenvalue weighted by Gasteiger charge is -2.51. The standard InChI is InChI=1S/C21H28O3/c1-10-14(6-13(22)7-17(10)23)19-18(24)9-21(2)8-12-3-11-4-15(12)16(5-11)20(19)21/h6-7,11-12,15-16,18-20,22-24H,3-5,8-9H2,1-2H3. The summed E-state index contributed by atoms with van der Waals surface area (Å²) in [7, 11) is 0. The van der Waals surface area contributed by atoms with Crippen LogP contribution in [0, 0.1) is 41.9 Å². The van der Waals surface area contributed by atoms with Crippen LogP contribution in [0.4, 0.5) is 0 Å². The van der Waals surface area contributed by atoms with Crippen molar-refractivity contribution in [1.82, 2.24) is 0 Å². The van der Waals surface area contributed by atoms with Crippen molar-refractivity contribution in [3.63, 3.8) is 0 Å². The van der Waals surface area contributed by atoms with Gasteiger partial charge in [-0.15, -0.1) is 0 Å². The fourth-order valence-corrected chi connectivity index (χ4v) is 7.67. The number of aliphatic hydroxyl groups excluding tert-OH is 1. The second-order valence-corrected chi connectivity index (χ2v) is 9.52. The summed E-state index contributed by atoms with van der Waals surface area (Å²) in [5.74, 6) is 4.15. The Morgan fingerprint density at radius 2 is 1.79 bits per heavy atom. The Kier molecular flexibility index (Phi) is 2.94. The van der Waals surface area contributed by atoms with Gasteiger partial charge < -0.3 is 15.3 Å². The van der Waals surface area contributed by atoms with E-state index in [1.165, 1.54) is 31.7 Å². The van der Waals surface area contributed by atoms with Crippen LogP contribution >= 0.6 is 0 Å². The molecule has 0 saturated heterocycles. The molecule has 5 rings (SSSR count). The highest BCUT2D eigenvalue weighted by Crippen LogP contribution is 2.70. The molecule has 0 radical (unpaired) electrons. The predicted molar refractivity (Wildman–Crippen MR) is 91.9 cm³/mol. The van der Waals surface area contributed by atoms with Crippen LogP contribution in [0.15, 0.2) is 12.1 Å². The van der Waals surface area contributed by atoms with Gasteiger partial charge in [-0.05, 0) is 91.2 Å². The van der Waals surface area contributed by atoms with Crippen molar-refractivity contribution in [3.05, 3.63) is 23.3 Å². The summed E-state index contributed by atoms with van der Waals surface area (Å²) < 4.78 is 0. The first-order valence-corrected chi connectivity index (χ1v) is 9.58. The molecule has 24 heavy (non-hydrogen) atoms. The number of phenolic OH excluding ortho intramolecular Hbond substituents is 2. The second-order valence-electron chi connectivity index (χ2n) is 9.52. The summed E-state index contributed by atoms with van der Waals surface area (Å²) >= 11 is 0. The van der Waals surface area contributed by atoms with Gasteiger partial charge in [-0.2, -0.15) is 0 Å². The molecule has 130 valence electrons. The number of aliphatic hydroxyl groups is 1. The van der Waals surface area contributed by atoms with Gasteiger partial charge in [0.15, 0.2) is 0 Å². The van der Waals surface area contributed by atoms with Crippen LogP contribution in [-0.4, -0.2) is 21.4 Å². The van der Waals surface area contributed by atoms with E-state index in [1.807, 2.05) is 6.92 Å². The van der Waals surface area contributed by atoms with Crippen LogP contribution in [-0.2, 0) is 0 Å². The van der Waals surface area contributed by atoms with E-state index in [-0.39, 0.29) is 28.9 Å². The second kappa shape index (κ2) is 4.69. The summed E-state index contributed by atoms with van der Waals surface area (Å²) in [6.45, 7) is 4.31. The van der Waals surface area contributed by atoms with Crippen LogP contribution in [0.25, 0.3) is 0 Å². The molecule has 4 aliphatic rings. The van der Waals surface area contributed by atoms with Crippen molar-refractivity contribution in [1.29, 1.82) is 0 Å². The lowest BCUT2D eigenvalue weighted by atomic mass is 9.54. The number of hydrogen-bond donors (Lipinski definition) is 3. The molecule has 3 heteroatoms. The van der Waals surface area contributed by atoms with E-state index in [0.29, 0.717) is 5.92 Å². The van der Waals surface area contributed by atoms with Gasteiger partial charge in [0.25, 0.3) is 0 Å². The lowest BCUT2D eigenvalue weighted by Crippen LogP contribution is -2.43. The largest absolute Gasteiger partial charge is 0.508 e. The molecule has 0 heterocycles. The Morgan fingerprint density at radius 3 is 2.54 bits per heavy atom. The first kappa shape index (κ1) is 15.1. The number of rotatable bonds is 1. The minimum absolute atomic E-state index is 0.0540. The van der Waals surface area contributed by atoms with E-state index in [4.69, 9.17) is 0 Å². The van der Waals surface area contributed by atoms with Gasteiger partial charge in [-0.3, -0.25) is 0 Å². The molecule has 4 aliphatic carbocycles. The summed E-state index contributed by atoms with van der Waals surface area (Å²) in [4.78, 5) is 0. The molecule has 3 nitrogen and oxygen atoms in total. The Balaban J connectivity index is 1.62. The molecule has 1 aromatic rings. The van der Waals surface area contributed by atoms with Crippen LogP contribution < -0.4 is 0 Å². The highest BCUT2D eigenvalue weighted by molar-refractivity contribution is 5.47. The monoisotopic (exact) mass is 328 g/mol. The third-order valence-corrected chi connectivity index (χ3v) is 8.24. The van der Waals surface area contributed by atoms with Crippen molar-refractivity contribution >= 4 is 0 Å². The van der Waals surface area contributed by atoms with Crippen LogP contribution in [0.3, 0.4) is 0 Å². The van der Waals surface area contributed by atoms with Crippen molar-refractivity contribution in [2.75, 3.05) is 0 Å². The van der Waals surface area contributed by atoms with E-state index in [2.05, 4.69) is 6.92 Å². The number of fused-ring (bicyclic) bond motifs is 3. The average Bonchev–Trinajstić information content (AvgIpc) is 3.13. The van der Waals surface area contributed by atoms with Gasteiger partial charge >= 0.3 is 0 Å². The van der Waals surface area contributed by atoms with Gasteiger partial charge in [-0.25, -0.2) is 0 Å². The highest BCUT2D eigenvalue weighted by Gasteiger charge is 2.64. The molecule has 4 saturated carbocycles. The minimum Gasteiger partial charge on any atom is -0.508 e. The fraction of sp³-hybridized carbons (Fsp3) is 0.714. The maximum absolute atomic E-state index is 11.0. The van der Waals surface area contributed by atoms with Crippen LogP contribution in [0.5, 0.6) is 11.5 Å². The maximum atomic E-state index is 11.0. The van der Waals surface area contributed by atoms with E-state index >= 15 is 0 Å². The zero-order valence-corrected chi connectivity index (χ0v) is 14.6. The Hall–Kier alpha value is -1.22. The molecule has 8 unspecified atom stereocenters. The first-order valence-electron chi connectivity index (χ1n) is 9.58. The zero-order valence-electron chi connectivity index (χ0n) is 14.6. The molecule has 2 bridgehead atoms. The number of hydrogen-bond acceptors (Lipinski definition) is 3. The Labute approximate surface area is 143 Å². The van der Waals surface area contributed by atoms with Crippen molar-refractivity contribution in [2.24, 2.45) is 35.0 Å². The fourth-order valence-electron chi connectivity index (χ4n) is 7.67. The van der Waals surface area contributed by atoms with E-state index in [0.717, 1.165) is 41.2 Å². The molecule has 1 aromatic carbocycles. The number of phenols is 2. The highest BCUT2D eigenvalue weighted by atomic mass is 16.3. The normalized spacial score (nSPS) is 48.7. The summed E-state index contributed by atoms with van der Waals surface area (Å²) in [6.07, 6.45) is 5.89. The Morgan fingerprint density at radius 1 is 1.04 bits per heavy atom. The van der Waals surface area contributed by atoms with Crippen molar-refractivity contribution in [3.8, 4) is 11.5 Å². The SMILES string of the molecule is Cc1c(O)cc(O)cc1C1C(O)CC2(C)CC3CC4CC3C(C4)C12. The zero-order chi connectivity index (χ0) is 16.8. The molecular weight excluding hydrogens is 300 g/mol. The van der Waals surface area contributed by atoms with Crippen molar-refractivity contribution in [2.45, 2.75) is 58.0 Å². The number of aromatic hydroxyl groups is 2. The molecule has 8 atom stereocenters. The average molecular weight is 328 g/mol. The third-order valence-electron chi connectivity index (χ3n) is 8.24. The van der Waals surface area contributed by atoms with E-state index < -0.39 is 0 Å².